The van der Waals surface area contributed by atoms with Gasteiger partial charge in [0.15, 0.2) is 0 Å². The first-order valence-electron chi connectivity index (χ1n) is 11.6. The lowest BCUT2D eigenvalue weighted by molar-refractivity contribution is -0.0349. The second-order valence-corrected chi connectivity index (χ2v) is 10.2. The summed E-state index contributed by atoms with van der Waals surface area (Å²) in [7, 11) is 1.46. The van der Waals surface area contributed by atoms with Crippen molar-refractivity contribution < 1.29 is 23.0 Å². The number of carbonyl (C=O) groups is 1. The topological polar surface area (TPSA) is 50.8 Å². The average molecular weight is 457 g/mol. The largest absolute Gasteiger partial charge is 0.497 e. The number of fused-ring (bicyclic) bond motifs is 4. The summed E-state index contributed by atoms with van der Waals surface area (Å²) in [5.74, 6) is -0.261. The van der Waals surface area contributed by atoms with E-state index in [1.54, 1.807) is 12.1 Å². The number of halogens is 2. The lowest BCUT2D eigenvalue weighted by atomic mass is 9.85. The molecule has 1 amide bonds. The minimum atomic E-state index is -0.541. The molecule has 5 nitrogen and oxygen atoms in total. The molecule has 7 heteroatoms. The Morgan fingerprint density at radius 3 is 2.45 bits per heavy atom. The molecule has 3 fully saturated rings. The lowest BCUT2D eigenvalue weighted by Crippen LogP contribution is -2.53. The number of nitrogens with one attached hydrogen (secondary N) is 1. The first-order valence-corrected chi connectivity index (χ1v) is 11.6. The Morgan fingerprint density at radius 1 is 1.09 bits per heavy atom. The van der Waals surface area contributed by atoms with E-state index in [-0.39, 0.29) is 28.7 Å². The zero-order chi connectivity index (χ0) is 23.3. The second-order valence-electron chi connectivity index (χ2n) is 10.2. The Kier molecular flexibility index (Phi) is 5.55. The normalized spacial score (nSPS) is 27.2. The van der Waals surface area contributed by atoms with Crippen molar-refractivity contribution in [2.75, 3.05) is 26.7 Å². The summed E-state index contributed by atoms with van der Waals surface area (Å²) >= 11 is 0. The highest BCUT2D eigenvalue weighted by Gasteiger charge is 2.42. The molecule has 2 aromatic rings. The fourth-order valence-corrected chi connectivity index (χ4v) is 5.72. The SMILES string of the molecule is COc1ccc(-c2cc3c(cc2F)C(NC(=O)O[C@H]2CN4CCC2CC4)C(C)(C)C3)c(F)c1. The number of alkyl carbamates (subject to hydrolysis) is 1. The van der Waals surface area contributed by atoms with Gasteiger partial charge in [-0.2, -0.15) is 0 Å². The smallest absolute Gasteiger partial charge is 0.407 e. The third-order valence-corrected chi connectivity index (χ3v) is 7.55. The van der Waals surface area contributed by atoms with Crippen LogP contribution < -0.4 is 10.1 Å². The number of amides is 1. The first kappa shape index (κ1) is 22.1. The minimum absolute atomic E-state index is 0.0892. The van der Waals surface area contributed by atoms with Crippen molar-refractivity contribution in [3.8, 4) is 16.9 Å². The van der Waals surface area contributed by atoms with E-state index < -0.39 is 17.7 Å². The highest BCUT2D eigenvalue weighted by Crippen LogP contribution is 2.47. The zero-order valence-corrected chi connectivity index (χ0v) is 19.3. The third kappa shape index (κ3) is 4.07. The summed E-state index contributed by atoms with van der Waals surface area (Å²) in [6.07, 6.45) is 2.22. The van der Waals surface area contributed by atoms with E-state index in [1.807, 2.05) is 13.8 Å². The summed E-state index contributed by atoms with van der Waals surface area (Å²) in [5.41, 5.74) is 1.69. The molecule has 3 aliphatic heterocycles. The molecule has 2 aromatic carbocycles. The van der Waals surface area contributed by atoms with E-state index in [4.69, 9.17) is 9.47 Å². The maximum absolute atomic E-state index is 15.2. The predicted octanol–water partition coefficient (Wildman–Crippen LogP) is 5.08. The Labute approximate surface area is 193 Å². The maximum atomic E-state index is 15.2. The van der Waals surface area contributed by atoms with Crippen LogP contribution in [-0.4, -0.2) is 43.8 Å². The van der Waals surface area contributed by atoms with Crippen molar-refractivity contribution in [3.63, 3.8) is 0 Å². The number of benzene rings is 2. The van der Waals surface area contributed by atoms with E-state index in [1.165, 1.54) is 25.3 Å². The molecule has 0 aromatic heterocycles. The number of nitrogens with zero attached hydrogens (tertiary/aromatic N) is 1. The Hall–Kier alpha value is -2.67. The second kappa shape index (κ2) is 8.28. The number of ether oxygens (including phenoxy) is 2. The first-order chi connectivity index (χ1) is 15.7. The standard InChI is InChI=1S/C26H30F2N2O3/c1-26(2)13-16-10-20(18-5-4-17(32-3)11-21(18)27)22(28)12-19(16)24(26)29-25(31)33-23-14-30-8-6-15(23)7-9-30/h4-5,10-12,15,23-24H,6-9,13-14H2,1-3H3,(H,29,31)/t23-,24?/m0/s1. The van der Waals surface area contributed by atoms with Gasteiger partial charge in [-0.1, -0.05) is 13.8 Å². The van der Waals surface area contributed by atoms with Gasteiger partial charge in [-0.3, -0.25) is 4.90 Å². The molecule has 176 valence electrons. The highest BCUT2D eigenvalue weighted by molar-refractivity contribution is 5.71. The molecule has 1 aliphatic carbocycles. The van der Waals surface area contributed by atoms with Crippen LogP contribution in [0.25, 0.3) is 11.1 Å². The van der Waals surface area contributed by atoms with E-state index >= 15 is 4.39 Å². The molecule has 3 heterocycles. The molecule has 0 saturated carbocycles. The van der Waals surface area contributed by atoms with E-state index in [0.29, 0.717) is 18.1 Å². The molecule has 6 rings (SSSR count). The van der Waals surface area contributed by atoms with Gasteiger partial charge in [-0.25, -0.2) is 13.6 Å². The molecule has 0 radical (unpaired) electrons. The predicted molar refractivity (Wildman–Crippen MR) is 121 cm³/mol. The van der Waals surface area contributed by atoms with Crippen molar-refractivity contribution in [3.05, 3.63) is 53.1 Å². The van der Waals surface area contributed by atoms with E-state index in [9.17, 15) is 9.18 Å². The summed E-state index contributed by atoms with van der Waals surface area (Å²) in [4.78, 5) is 15.1. The van der Waals surface area contributed by atoms with Crippen molar-refractivity contribution in [1.82, 2.24) is 10.2 Å². The van der Waals surface area contributed by atoms with Gasteiger partial charge < -0.3 is 14.8 Å². The summed E-state index contributed by atoms with van der Waals surface area (Å²) in [6.45, 7) is 7.01. The van der Waals surface area contributed by atoms with Crippen LogP contribution in [0, 0.1) is 23.0 Å². The number of rotatable bonds is 4. The molecular formula is C26H30F2N2O3. The van der Waals surface area contributed by atoms with Gasteiger partial charge in [0.05, 0.1) is 13.2 Å². The quantitative estimate of drug-likeness (QED) is 0.697. The molecule has 1 unspecified atom stereocenters. The lowest BCUT2D eigenvalue weighted by Gasteiger charge is -2.44. The molecule has 2 atom stereocenters. The minimum Gasteiger partial charge on any atom is -0.497 e. The van der Waals surface area contributed by atoms with Crippen LogP contribution in [-0.2, 0) is 11.2 Å². The van der Waals surface area contributed by atoms with Gasteiger partial charge in [-0.15, -0.1) is 0 Å². The van der Waals surface area contributed by atoms with Crippen LogP contribution in [0.15, 0.2) is 30.3 Å². The molecule has 2 bridgehead atoms. The molecule has 33 heavy (non-hydrogen) atoms. The monoisotopic (exact) mass is 456 g/mol. The molecule has 1 N–H and O–H groups in total. The van der Waals surface area contributed by atoms with Gasteiger partial charge >= 0.3 is 6.09 Å². The Morgan fingerprint density at radius 2 is 1.82 bits per heavy atom. The summed E-state index contributed by atoms with van der Waals surface area (Å²) < 4.78 is 40.7. The van der Waals surface area contributed by atoms with Crippen molar-refractivity contribution in [2.24, 2.45) is 11.3 Å². The van der Waals surface area contributed by atoms with Crippen LogP contribution in [0.5, 0.6) is 5.75 Å². The van der Waals surface area contributed by atoms with Crippen LogP contribution in [0.1, 0.15) is 43.9 Å². The van der Waals surface area contributed by atoms with Crippen LogP contribution in [0.3, 0.4) is 0 Å². The summed E-state index contributed by atoms with van der Waals surface area (Å²) in [6, 6.07) is 7.15. The number of hydrogen-bond acceptors (Lipinski definition) is 4. The fourth-order valence-electron chi connectivity index (χ4n) is 5.72. The number of hydrogen-bond donors (Lipinski definition) is 1. The van der Waals surface area contributed by atoms with Gasteiger partial charge in [0.25, 0.3) is 0 Å². The highest BCUT2D eigenvalue weighted by atomic mass is 19.1. The van der Waals surface area contributed by atoms with E-state index in [0.717, 1.165) is 43.6 Å². The van der Waals surface area contributed by atoms with Crippen molar-refractivity contribution in [1.29, 1.82) is 0 Å². The van der Waals surface area contributed by atoms with Crippen LogP contribution in [0.4, 0.5) is 13.6 Å². The van der Waals surface area contributed by atoms with Crippen LogP contribution >= 0.6 is 0 Å². The summed E-state index contributed by atoms with van der Waals surface area (Å²) in [5, 5.41) is 3.01. The third-order valence-electron chi connectivity index (χ3n) is 7.55. The van der Waals surface area contributed by atoms with Gasteiger partial charge in [0, 0.05) is 23.7 Å². The van der Waals surface area contributed by atoms with Crippen molar-refractivity contribution >= 4 is 6.09 Å². The van der Waals surface area contributed by atoms with Gasteiger partial charge in [0.2, 0.25) is 0 Å². The molecule has 4 aliphatic rings. The Bertz CT molecular complexity index is 1080. The Balaban J connectivity index is 1.38. The van der Waals surface area contributed by atoms with Gasteiger partial charge in [0.1, 0.15) is 23.5 Å². The zero-order valence-electron chi connectivity index (χ0n) is 19.3. The average Bonchev–Trinajstić information content (AvgIpc) is 3.03. The number of methoxy groups -OCH3 is 1. The van der Waals surface area contributed by atoms with E-state index in [2.05, 4.69) is 10.2 Å². The molecule has 3 saturated heterocycles. The van der Waals surface area contributed by atoms with Crippen molar-refractivity contribution in [2.45, 2.75) is 45.3 Å². The maximum Gasteiger partial charge on any atom is 0.407 e. The fraction of sp³-hybridized carbons (Fsp3) is 0.500. The molecular weight excluding hydrogens is 426 g/mol. The van der Waals surface area contributed by atoms with Gasteiger partial charge in [-0.05, 0) is 79.1 Å². The van der Waals surface area contributed by atoms with Crippen LogP contribution in [0.2, 0.25) is 0 Å². The molecule has 0 spiro atoms. The number of carbonyl (C=O) groups excluding carboxylic acids is 1. The number of piperidine rings is 3.